The Labute approximate surface area is 496 Å². The molecule has 0 saturated carbocycles. The van der Waals surface area contributed by atoms with E-state index in [1.807, 2.05) is 62.3 Å². The van der Waals surface area contributed by atoms with Crippen LogP contribution in [-0.2, 0) is 57.5 Å². The minimum Gasteiger partial charge on any atom is -0.375 e. The number of hydrogen-bond acceptors (Lipinski definition) is 12. The van der Waals surface area contributed by atoms with Gasteiger partial charge in [-0.05, 0) is 101 Å². The lowest BCUT2D eigenvalue weighted by atomic mass is 9.93. The van der Waals surface area contributed by atoms with E-state index in [0.29, 0.717) is 13.0 Å². The number of hydrogen-bond donors (Lipinski definition) is 4. The molecule has 0 aromatic heterocycles. The molecule has 2 rings (SSSR count). The highest BCUT2D eigenvalue weighted by molar-refractivity contribution is 6.00. The summed E-state index contributed by atoms with van der Waals surface area (Å²) in [6, 6.07) is -12.9. The maximum atomic E-state index is 15.1. The SMILES string of the molecule is CC(C)C[C@@H]1C(=O)N(C)[C@H](CC(C)C)C(=O)N(C)[C@H](C(C)C)C(=O)N(C)[C@H]([C@@H]2OCC[C@H]2C)C(=O)N[C@H](C)C(=O)N(C)[C@H](C)C(=O)N(C)[C@@H](CC(C)C)C(=O)N[C@H](C(C)C)C(=O)N(C)[C@H](CC(C)C)C(=O)N[C@H](C)C(=O)N[C@@H](C)C(=O)N1C. The van der Waals surface area contributed by atoms with Gasteiger partial charge in [-0.15, -0.1) is 0 Å². The second-order valence-electron chi connectivity index (χ2n) is 26.1. The highest BCUT2D eigenvalue weighted by Crippen LogP contribution is 2.29. The first-order valence-corrected chi connectivity index (χ1v) is 29.9. The van der Waals surface area contributed by atoms with Crippen molar-refractivity contribution in [1.82, 2.24) is 55.6 Å². The fourth-order valence-electron chi connectivity index (χ4n) is 11.0. The molecule has 11 amide bonds. The molecule has 474 valence electrons. The van der Waals surface area contributed by atoms with Crippen LogP contribution in [0.3, 0.4) is 0 Å². The topological polar surface area (TPSA) is 268 Å². The number of ether oxygens (including phenoxy) is 1. The molecule has 13 atom stereocenters. The summed E-state index contributed by atoms with van der Waals surface area (Å²) in [4.78, 5) is 169. The van der Waals surface area contributed by atoms with Crippen molar-refractivity contribution >= 4 is 65.0 Å². The number of likely N-dealkylation sites (N-methyl/N-ethyl adjacent to an activating group) is 7. The molecule has 2 aliphatic rings. The summed E-state index contributed by atoms with van der Waals surface area (Å²) in [5.74, 6) is -8.71. The number of rotatable bonds is 11. The highest BCUT2D eigenvalue weighted by Gasteiger charge is 2.47. The maximum absolute atomic E-state index is 15.1. The van der Waals surface area contributed by atoms with Crippen LogP contribution in [0.25, 0.3) is 0 Å². The third-order valence-corrected chi connectivity index (χ3v) is 16.4. The lowest BCUT2D eigenvalue weighted by molar-refractivity contribution is -0.157. The zero-order valence-electron chi connectivity index (χ0n) is 54.7. The molecule has 23 heteroatoms. The maximum Gasteiger partial charge on any atom is 0.246 e. The van der Waals surface area contributed by atoms with Gasteiger partial charge in [-0.25, -0.2) is 0 Å². The molecule has 23 nitrogen and oxygen atoms in total. The average molecular weight is 1170 g/mol. The minimum absolute atomic E-state index is 0.122. The Kier molecular flexibility index (Phi) is 28.1. The largest absolute Gasteiger partial charge is 0.375 e. The van der Waals surface area contributed by atoms with Gasteiger partial charge in [0.25, 0.3) is 0 Å². The van der Waals surface area contributed by atoms with Gasteiger partial charge in [0, 0.05) is 55.9 Å². The van der Waals surface area contributed by atoms with E-state index in [0.717, 1.165) is 0 Å². The number of nitrogens with one attached hydrogen (secondary N) is 4. The van der Waals surface area contributed by atoms with E-state index in [9.17, 15) is 43.2 Å². The van der Waals surface area contributed by atoms with Crippen molar-refractivity contribution in [2.45, 2.75) is 222 Å². The minimum atomic E-state index is -1.29. The van der Waals surface area contributed by atoms with Crippen molar-refractivity contribution < 1.29 is 57.5 Å². The number of carbonyl (C=O) groups is 11. The average Bonchev–Trinajstić information content (AvgIpc) is 4.08. The molecule has 0 aromatic carbocycles. The predicted octanol–water partition coefficient (Wildman–Crippen LogP) is 2.73. The molecule has 2 fully saturated rings. The van der Waals surface area contributed by atoms with E-state index in [-0.39, 0.29) is 55.3 Å². The molecule has 2 heterocycles. The van der Waals surface area contributed by atoms with Crippen LogP contribution in [0.15, 0.2) is 0 Å². The Hall–Kier alpha value is -5.87. The van der Waals surface area contributed by atoms with E-state index >= 15 is 9.59 Å². The predicted molar refractivity (Wildman–Crippen MR) is 317 cm³/mol. The summed E-state index contributed by atoms with van der Waals surface area (Å²) in [5.41, 5.74) is 0. The summed E-state index contributed by atoms with van der Waals surface area (Å²) in [6.07, 6.45) is 0.454. The molecule has 2 aliphatic heterocycles. The van der Waals surface area contributed by atoms with E-state index in [1.54, 1.807) is 27.7 Å². The highest BCUT2D eigenvalue weighted by atomic mass is 16.5. The Bertz CT molecular complexity index is 2290. The standard InChI is InChI=1S/C60H107N11O12/c1-31(2)27-42-51(73)61-38(14)50(72)62-40(16)55(77)68(21)44(29-33(5)6)57(79)69(22)45(30-34(7)8)58(80)70(23)47(36(11)12)60(82)71(24)48(49-37(13)25-26-83-49)53(75)63-39(15)54(76)65(18)41(17)56(78)66(19)43(28-32(3)4)52(74)64-46(35(9)10)59(81)67(42)20/h31-49H,25-30H2,1-24H3,(H,61,73)(H,62,72)(H,63,75)(H,64,74)/t37-,38-,39-,40+,41-,42-,43+,44-,45-,46-,47-,48-,49-/m1/s1. The lowest BCUT2D eigenvalue weighted by Crippen LogP contribution is -2.63. The smallest absolute Gasteiger partial charge is 0.246 e. The zero-order chi connectivity index (χ0) is 64.1. The van der Waals surface area contributed by atoms with Crippen LogP contribution in [0.2, 0.25) is 0 Å². The van der Waals surface area contributed by atoms with Crippen LogP contribution in [0.5, 0.6) is 0 Å². The van der Waals surface area contributed by atoms with Crippen LogP contribution >= 0.6 is 0 Å². The van der Waals surface area contributed by atoms with Crippen LogP contribution in [0, 0.1) is 41.4 Å². The molecule has 4 N–H and O–H groups in total. The van der Waals surface area contributed by atoms with Crippen molar-refractivity contribution in [3.63, 3.8) is 0 Å². The Morgan fingerprint density at radius 3 is 1.18 bits per heavy atom. The van der Waals surface area contributed by atoms with Crippen molar-refractivity contribution in [2.24, 2.45) is 41.4 Å². The van der Waals surface area contributed by atoms with Gasteiger partial charge in [0.2, 0.25) is 65.0 Å². The number of carbonyl (C=O) groups excluding carboxylic acids is 11. The molecule has 0 aliphatic carbocycles. The van der Waals surface area contributed by atoms with Crippen molar-refractivity contribution in [2.75, 3.05) is 55.9 Å². The third-order valence-electron chi connectivity index (χ3n) is 16.4. The summed E-state index contributed by atoms with van der Waals surface area (Å²) >= 11 is 0. The lowest BCUT2D eigenvalue weighted by Gasteiger charge is -2.41. The monoisotopic (exact) mass is 1170 g/mol. The molecular weight excluding hydrogens is 1070 g/mol. The van der Waals surface area contributed by atoms with Crippen LogP contribution in [-0.4, -0.2) is 228 Å². The molecule has 83 heavy (non-hydrogen) atoms. The Balaban J connectivity index is 2.92. The van der Waals surface area contributed by atoms with E-state index in [1.165, 1.54) is 111 Å². The fraction of sp³-hybridized carbons (Fsp3) is 0.817. The van der Waals surface area contributed by atoms with Crippen molar-refractivity contribution in [3.05, 3.63) is 0 Å². The first kappa shape index (κ1) is 73.2. The van der Waals surface area contributed by atoms with E-state index < -0.39 is 149 Å². The van der Waals surface area contributed by atoms with Crippen LogP contribution in [0.1, 0.15) is 150 Å². The molecular formula is C60H107N11O12. The van der Waals surface area contributed by atoms with Gasteiger partial charge in [-0.3, -0.25) is 52.7 Å². The molecule has 0 aromatic rings. The summed E-state index contributed by atoms with van der Waals surface area (Å²) in [7, 11) is 10.2. The van der Waals surface area contributed by atoms with E-state index in [2.05, 4.69) is 21.3 Å². The number of nitrogens with zero attached hydrogens (tertiary/aromatic N) is 7. The van der Waals surface area contributed by atoms with Crippen molar-refractivity contribution in [1.29, 1.82) is 0 Å². The molecule has 0 unspecified atom stereocenters. The van der Waals surface area contributed by atoms with Gasteiger partial charge >= 0.3 is 0 Å². The second-order valence-corrected chi connectivity index (χ2v) is 26.1. The zero-order valence-corrected chi connectivity index (χ0v) is 54.7. The van der Waals surface area contributed by atoms with Crippen LogP contribution < -0.4 is 21.3 Å². The third kappa shape index (κ3) is 19.1. The molecule has 0 spiro atoms. The van der Waals surface area contributed by atoms with Crippen molar-refractivity contribution in [3.8, 4) is 0 Å². The van der Waals surface area contributed by atoms with Gasteiger partial charge in [0.05, 0.1) is 6.10 Å². The van der Waals surface area contributed by atoms with Crippen LogP contribution in [0.4, 0.5) is 0 Å². The van der Waals surface area contributed by atoms with Gasteiger partial charge in [0.15, 0.2) is 0 Å². The Morgan fingerprint density at radius 2 is 0.759 bits per heavy atom. The molecule has 0 radical (unpaired) electrons. The van der Waals surface area contributed by atoms with Gasteiger partial charge in [-0.2, -0.15) is 0 Å². The summed E-state index contributed by atoms with van der Waals surface area (Å²) in [6.45, 7) is 30.1. The van der Waals surface area contributed by atoms with E-state index in [4.69, 9.17) is 4.74 Å². The first-order valence-electron chi connectivity index (χ1n) is 29.9. The quantitative estimate of drug-likeness (QED) is 0.233. The number of amides is 11. The van der Waals surface area contributed by atoms with Gasteiger partial charge < -0.3 is 60.3 Å². The summed E-state index contributed by atoms with van der Waals surface area (Å²) in [5, 5.41) is 11.0. The summed E-state index contributed by atoms with van der Waals surface area (Å²) < 4.78 is 6.14. The molecule has 2 saturated heterocycles. The molecule has 0 bridgehead atoms. The normalized spacial score (nSPS) is 30.0. The first-order chi connectivity index (χ1) is 38.2. The Morgan fingerprint density at radius 1 is 0.386 bits per heavy atom. The van der Waals surface area contributed by atoms with Gasteiger partial charge in [-0.1, -0.05) is 90.0 Å². The van der Waals surface area contributed by atoms with Gasteiger partial charge in [0.1, 0.15) is 66.5 Å². The fourth-order valence-corrected chi connectivity index (χ4v) is 11.0. The second kappa shape index (κ2) is 31.9.